The number of hydrogen-bond donors (Lipinski definition) is 4. The highest BCUT2D eigenvalue weighted by Crippen LogP contribution is 2.30. The van der Waals surface area contributed by atoms with Gasteiger partial charge in [-0.3, -0.25) is 4.79 Å². The molecular weight excluding hydrogens is 372 g/mol. The summed E-state index contributed by atoms with van der Waals surface area (Å²) in [6.45, 7) is -0.342. The summed E-state index contributed by atoms with van der Waals surface area (Å²) in [6, 6.07) is 4.99. The Labute approximate surface area is 162 Å². The van der Waals surface area contributed by atoms with E-state index in [-0.39, 0.29) is 31.0 Å². The number of aliphatic hydroxyl groups is 3. The summed E-state index contributed by atoms with van der Waals surface area (Å²) in [5, 5.41) is 39.1. The summed E-state index contributed by atoms with van der Waals surface area (Å²) in [5.41, 5.74) is 0.807. The lowest BCUT2D eigenvalue weighted by Crippen LogP contribution is -2.63. The van der Waals surface area contributed by atoms with Crippen molar-refractivity contribution in [2.24, 2.45) is 0 Å². The average Bonchev–Trinajstić information content (AvgIpc) is 2.69. The van der Waals surface area contributed by atoms with E-state index in [0.717, 1.165) is 5.56 Å². The molecule has 0 unspecified atom stereocenters. The van der Waals surface area contributed by atoms with Crippen molar-refractivity contribution >= 4 is 5.78 Å². The fraction of sp³-hybridized carbons (Fsp3) is 0.632. The van der Waals surface area contributed by atoms with Crippen LogP contribution < -0.4 is 4.74 Å². The van der Waals surface area contributed by atoms with Crippen LogP contribution in [0.4, 0.5) is 0 Å². The molecular formula is C19H26O9. The molecule has 0 aromatic heterocycles. The standard InChI is InChI=1S/C19H26O9/c1-25-14-5-3-10(6-13(14)22)2-4-11(21)7-12-9-26-19-18(27-12)17(24)16(23)15(8-20)28-19/h3,5-6,12,15-20,22-24H,2,4,7-9H2,1H3/t12-,15+,16+,17-,18+,19+/m0/s1. The molecule has 1 aromatic carbocycles. The Bertz CT molecular complexity index is 677. The van der Waals surface area contributed by atoms with E-state index in [0.29, 0.717) is 12.2 Å². The van der Waals surface area contributed by atoms with Crippen LogP contribution in [0.15, 0.2) is 18.2 Å². The Balaban J connectivity index is 1.49. The predicted octanol–water partition coefficient (Wildman–Crippen LogP) is -0.484. The third-order valence-electron chi connectivity index (χ3n) is 5.01. The number of carbonyl (C=O) groups excluding carboxylic acids is 1. The van der Waals surface area contributed by atoms with Gasteiger partial charge in [0.25, 0.3) is 0 Å². The quantitative estimate of drug-likeness (QED) is 0.480. The first kappa shape index (κ1) is 21.0. The fourth-order valence-corrected chi connectivity index (χ4v) is 3.44. The summed E-state index contributed by atoms with van der Waals surface area (Å²) >= 11 is 0. The molecule has 0 saturated carbocycles. The molecule has 28 heavy (non-hydrogen) atoms. The van der Waals surface area contributed by atoms with E-state index in [2.05, 4.69) is 0 Å². The van der Waals surface area contributed by atoms with Crippen molar-refractivity contribution in [1.29, 1.82) is 0 Å². The van der Waals surface area contributed by atoms with Crippen molar-refractivity contribution in [1.82, 2.24) is 0 Å². The highest BCUT2D eigenvalue weighted by atomic mass is 16.7. The van der Waals surface area contributed by atoms with Crippen LogP contribution in [-0.2, 0) is 25.4 Å². The van der Waals surface area contributed by atoms with Gasteiger partial charge >= 0.3 is 0 Å². The zero-order valence-corrected chi connectivity index (χ0v) is 15.6. The van der Waals surface area contributed by atoms with Gasteiger partial charge in [0.2, 0.25) is 0 Å². The van der Waals surface area contributed by atoms with Crippen LogP contribution in [0.2, 0.25) is 0 Å². The molecule has 2 aliphatic rings. The van der Waals surface area contributed by atoms with E-state index in [4.69, 9.17) is 18.9 Å². The van der Waals surface area contributed by atoms with Gasteiger partial charge in [0.05, 0.1) is 26.4 Å². The molecule has 2 aliphatic heterocycles. The topological polar surface area (TPSA) is 135 Å². The number of ether oxygens (including phenoxy) is 4. The third kappa shape index (κ3) is 4.62. The van der Waals surface area contributed by atoms with Crippen LogP contribution in [0.5, 0.6) is 11.5 Å². The van der Waals surface area contributed by atoms with Crippen LogP contribution in [0.25, 0.3) is 0 Å². The molecule has 0 amide bonds. The van der Waals surface area contributed by atoms with Crippen molar-refractivity contribution in [2.45, 2.75) is 56.1 Å². The second-order valence-electron chi connectivity index (χ2n) is 7.01. The van der Waals surface area contributed by atoms with Gasteiger partial charge in [-0.1, -0.05) is 6.07 Å². The Morgan fingerprint density at radius 2 is 2.04 bits per heavy atom. The number of phenolic OH excluding ortho intramolecular Hbond substituents is 1. The molecule has 9 nitrogen and oxygen atoms in total. The van der Waals surface area contributed by atoms with Crippen molar-refractivity contribution in [3.8, 4) is 11.5 Å². The number of aliphatic hydroxyl groups excluding tert-OH is 3. The summed E-state index contributed by atoms with van der Waals surface area (Å²) < 4.78 is 21.6. The minimum absolute atomic E-state index is 0.0218. The number of methoxy groups -OCH3 is 1. The molecule has 9 heteroatoms. The van der Waals surface area contributed by atoms with E-state index in [9.17, 15) is 25.2 Å². The van der Waals surface area contributed by atoms with E-state index in [1.54, 1.807) is 18.2 Å². The molecule has 2 fully saturated rings. The van der Waals surface area contributed by atoms with Crippen LogP contribution in [0.3, 0.4) is 0 Å². The van der Waals surface area contributed by atoms with E-state index >= 15 is 0 Å². The smallest absolute Gasteiger partial charge is 0.187 e. The summed E-state index contributed by atoms with van der Waals surface area (Å²) in [5.74, 6) is 0.340. The molecule has 156 valence electrons. The van der Waals surface area contributed by atoms with Crippen molar-refractivity contribution < 1.29 is 44.2 Å². The lowest BCUT2D eigenvalue weighted by Gasteiger charge is -2.45. The number of hydrogen-bond acceptors (Lipinski definition) is 9. The molecule has 1 aromatic rings. The number of ketones is 1. The Kier molecular flexibility index (Phi) is 6.86. The summed E-state index contributed by atoms with van der Waals surface area (Å²) in [6.07, 6.45) is -5.10. The van der Waals surface area contributed by atoms with Gasteiger partial charge in [0.1, 0.15) is 30.2 Å². The highest BCUT2D eigenvalue weighted by Gasteiger charge is 2.48. The largest absolute Gasteiger partial charge is 0.504 e. The maximum atomic E-state index is 12.3. The number of aryl methyl sites for hydroxylation is 1. The first-order chi connectivity index (χ1) is 13.4. The molecule has 3 rings (SSSR count). The number of Topliss-reactive ketones (excluding diaryl/α,β-unsaturated/α-hetero) is 1. The minimum Gasteiger partial charge on any atom is -0.504 e. The molecule has 0 spiro atoms. The van der Waals surface area contributed by atoms with Crippen LogP contribution >= 0.6 is 0 Å². The molecule has 0 bridgehead atoms. The predicted molar refractivity (Wildman–Crippen MR) is 95.0 cm³/mol. The SMILES string of the molecule is COc1ccc(CCC(=O)C[C@H]2CO[C@@H]3O[C@H](CO)[C@@H](O)[C@H](O)[C@H]3O2)cc1O. The number of benzene rings is 1. The average molecular weight is 398 g/mol. The molecule has 2 heterocycles. The minimum atomic E-state index is -1.30. The van der Waals surface area contributed by atoms with Gasteiger partial charge in [-0.15, -0.1) is 0 Å². The molecule has 2 saturated heterocycles. The van der Waals surface area contributed by atoms with Crippen molar-refractivity contribution in [2.75, 3.05) is 20.3 Å². The van der Waals surface area contributed by atoms with E-state index in [1.807, 2.05) is 0 Å². The van der Waals surface area contributed by atoms with Gasteiger partial charge in [-0.05, 0) is 24.1 Å². The maximum absolute atomic E-state index is 12.3. The number of rotatable bonds is 7. The van der Waals surface area contributed by atoms with Gasteiger partial charge < -0.3 is 39.4 Å². The van der Waals surface area contributed by atoms with Crippen LogP contribution in [-0.4, -0.2) is 83.3 Å². The molecule has 6 atom stereocenters. The van der Waals surface area contributed by atoms with Crippen molar-refractivity contribution in [3.63, 3.8) is 0 Å². The third-order valence-corrected chi connectivity index (χ3v) is 5.01. The lowest BCUT2D eigenvalue weighted by atomic mass is 9.97. The second kappa shape index (κ2) is 9.17. The monoisotopic (exact) mass is 398 g/mol. The van der Waals surface area contributed by atoms with Gasteiger partial charge in [0, 0.05) is 12.8 Å². The number of phenols is 1. The van der Waals surface area contributed by atoms with Gasteiger partial charge in [0.15, 0.2) is 17.8 Å². The fourth-order valence-electron chi connectivity index (χ4n) is 3.44. The lowest BCUT2D eigenvalue weighted by molar-refractivity contribution is -0.348. The maximum Gasteiger partial charge on any atom is 0.187 e. The normalized spacial score (nSPS) is 32.6. The highest BCUT2D eigenvalue weighted by molar-refractivity contribution is 5.79. The van der Waals surface area contributed by atoms with Crippen LogP contribution in [0.1, 0.15) is 18.4 Å². The Morgan fingerprint density at radius 1 is 1.25 bits per heavy atom. The Hall–Kier alpha value is -1.75. The zero-order chi connectivity index (χ0) is 20.3. The van der Waals surface area contributed by atoms with Crippen LogP contribution in [0, 0.1) is 0 Å². The molecule has 4 N–H and O–H groups in total. The molecule has 0 aliphatic carbocycles. The molecule has 0 radical (unpaired) electrons. The summed E-state index contributed by atoms with van der Waals surface area (Å²) in [7, 11) is 1.46. The first-order valence-electron chi connectivity index (χ1n) is 9.20. The van der Waals surface area contributed by atoms with Gasteiger partial charge in [-0.25, -0.2) is 0 Å². The first-order valence-corrected chi connectivity index (χ1v) is 9.20. The van der Waals surface area contributed by atoms with E-state index in [1.165, 1.54) is 7.11 Å². The second-order valence-corrected chi connectivity index (χ2v) is 7.01. The number of aromatic hydroxyl groups is 1. The zero-order valence-electron chi connectivity index (χ0n) is 15.6. The van der Waals surface area contributed by atoms with E-state index < -0.39 is 43.4 Å². The number of fused-ring (bicyclic) bond motifs is 1. The van der Waals surface area contributed by atoms with Crippen molar-refractivity contribution in [3.05, 3.63) is 23.8 Å². The van der Waals surface area contributed by atoms with Gasteiger partial charge in [-0.2, -0.15) is 0 Å². The number of carbonyl (C=O) groups is 1. The summed E-state index contributed by atoms with van der Waals surface area (Å²) in [4.78, 5) is 12.3. The Morgan fingerprint density at radius 3 is 2.71 bits per heavy atom.